The number of nitrogens with zero attached hydrogens (tertiary/aromatic N) is 3. The normalized spacial score (nSPS) is 8.42. The first-order valence-corrected chi connectivity index (χ1v) is 4.70. The molecule has 0 amide bonds. The van der Waals surface area contributed by atoms with E-state index in [0.717, 1.165) is 11.1 Å². The van der Waals surface area contributed by atoms with Crippen molar-refractivity contribution in [3.8, 4) is 0 Å². The van der Waals surface area contributed by atoms with E-state index < -0.39 is 0 Å². The summed E-state index contributed by atoms with van der Waals surface area (Å²) < 4.78 is 4.08. The third kappa shape index (κ3) is 3.04. The second-order valence-electron chi connectivity index (χ2n) is 2.04. The SMILES string of the molecule is CC.CNc1nc(N(C)C)ns1. The zero-order valence-corrected chi connectivity index (χ0v) is 9.07. The molecule has 0 saturated carbocycles. The van der Waals surface area contributed by atoms with Gasteiger partial charge in [0.05, 0.1) is 0 Å². The van der Waals surface area contributed by atoms with E-state index in [0.29, 0.717) is 0 Å². The van der Waals surface area contributed by atoms with Gasteiger partial charge in [-0.1, -0.05) is 13.8 Å². The zero-order chi connectivity index (χ0) is 9.56. The molecule has 0 radical (unpaired) electrons. The molecule has 0 aliphatic carbocycles. The maximum atomic E-state index is 4.15. The van der Waals surface area contributed by atoms with Crippen LogP contribution in [0, 0.1) is 0 Å². The van der Waals surface area contributed by atoms with Crippen molar-refractivity contribution in [2.24, 2.45) is 0 Å². The van der Waals surface area contributed by atoms with Gasteiger partial charge >= 0.3 is 0 Å². The summed E-state index contributed by atoms with van der Waals surface area (Å²) >= 11 is 1.36. The molecule has 12 heavy (non-hydrogen) atoms. The predicted octanol–water partition coefficient (Wildman–Crippen LogP) is 1.67. The lowest BCUT2D eigenvalue weighted by Gasteiger charge is -2.03. The van der Waals surface area contributed by atoms with E-state index >= 15 is 0 Å². The highest BCUT2D eigenvalue weighted by Crippen LogP contribution is 2.14. The van der Waals surface area contributed by atoms with Gasteiger partial charge in [-0.3, -0.25) is 0 Å². The summed E-state index contributed by atoms with van der Waals surface area (Å²) in [4.78, 5) is 6.02. The Bertz CT molecular complexity index is 209. The van der Waals surface area contributed by atoms with Crippen LogP contribution in [0.4, 0.5) is 11.1 Å². The second-order valence-corrected chi connectivity index (χ2v) is 2.80. The van der Waals surface area contributed by atoms with Crippen molar-refractivity contribution in [2.45, 2.75) is 13.8 Å². The first-order chi connectivity index (χ1) is 5.74. The Hall–Kier alpha value is -0.840. The van der Waals surface area contributed by atoms with Gasteiger partial charge in [0.25, 0.3) is 0 Å². The number of nitrogens with one attached hydrogen (secondary N) is 1. The van der Waals surface area contributed by atoms with Gasteiger partial charge in [-0.05, 0) is 0 Å². The van der Waals surface area contributed by atoms with E-state index in [4.69, 9.17) is 0 Å². The molecule has 0 spiro atoms. The summed E-state index contributed by atoms with van der Waals surface area (Å²) in [6.07, 6.45) is 0. The minimum absolute atomic E-state index is 0.759. The molecule has 5 heteroatoms. The molecule has 0 atom stereocenters. The first kappa shape index (κ1) is 11.2. The second kappa shape index (κ2) is 5.77. The van der Waals surface area contributed by atoms with E-state index in [9.17, 15) is 0 Å². The van der Waals surface area contributed by atoms with E-state index in [-0.39, 0.29) is 0 Å². The summed E-state index contributed by atoms with van der Waals surface area (Å²) in [7, 11) is 5.67. The summed E-state index contributed by atoms with van der Waals surface area (Å²) in [6.45, 7) is 4.00. The fraction of sp³-hybridized carbons (Fsp3) is 0.714. The van der Waals surface area contributed by atoms with Crippen LogP contribution in [0.3, 0.4) is 0 Å². The van der Waals surface area contributed by atoms with Gasteiger partial charge in [0.2, 0.25) is 11.1 Å². The lowest BCUT2D eigenvalue weighted by Crippen LogP contribution is -2.10. The highest BCUT2D eigenvalue weighted by Gasteiger charge is 2.01. The van der Waals surface area contributed by atoms with Crippen LogP contribution in [-0.4, -0.2) is 30.5 Å². The van der Waals surface area contributed by atoms with Crippen molar-refractivity contribution < 1.29 is 0 Å². The Morgan fingerprint density at radius 3 is 2.17 bits per heavy atom. The van der Waals surface area contributed by atoms with E-state index in [1.165, 1.54) is 11.5 Å². The molecular formula is C7H16N4S. The predicted molar refractivity (Wildman–Crippen MR) is 55.1 cm³/mol. The summed E-state index contributed by atoms with van der Waals surface area (Å²) in [5.41, 5.74) is 0. The summed E-state index contributed by atoms with van der Waals surface area (Å²) in [5, 5.41) is 3.77. The molecule has 1 N–H and O–H groups in total. The largest absolute Gasteiger partial charge is 0.363 e. The maximum Gasteiger partial charge on any atom is 0.238 e. The van der Waals surface area contributed by atoms with Crippen molar-refractivity contribution in [1.82, 2.24) is 9.36 Å². The van der Waals surface area contributed by atoms with E-state index in [1.807, 2.05) is 39.9 Å². The quantitative estimate of drug-likeness (QED) is 0.766. The first-order valence-electron chi connectivity index (χ1n) is 3.93. The number of hydrogen-bond donors (Lipinski definition) is 1. The molecule has 1 aromatic rings. The van der Waals surface area contributed by atoms with Gasteiger partial charge in [-0.15, -0.1) is 0 Å². The zero-order valence-electron chi connectivity index (χ0n) is 8.25. The summed E-state index contributed by atoms with van der Waals surface area (Å²) in [6, 6.07) is 0. The Kier molecular flexibility index (Phi) is 5.36. The van der Waals surface area contributed by atoms with E-state index in [1.54, 1.807) is 0 Å². The van der Waals surface area contributed by atoms with Gasteiger partial charge < -0.3 is 10.2 Å². The molecule has 0 aliphatic heterocycles. The molecule has 1 aromatic heterocycles. The number of anilines is 2. The van der Waals surface area contributed by atoms with Crippen LogP contribution in [0.2, 0.25) is 0 Å². The average Bonchev–Trinajstić information content (AvgIpc) is 2.55. The minimum Gasteiger partial charge on any atom is -0.363 e. The van der Waals surface area contributed by atoms with Crippen molar-refractivity contribution >= 4 is 22.6 Å². The highest BCUT2D eigenvalue weighted by atomic mass is 32.1. The Morgan fingerprint density at radius 1 is 1.33 bits per heavy atom. The number of rotatable bonds is 2. The minimum atomic E-state index is 0.759. The highest BCUT2D eigenvalue weighted by molar-refractivity contribution is 7.09. The molecule has 70 valence electrons. The van der Waals surface area contributed by atoms with Crippen LogP contribution in [0.25, 0.3) is 0 Å². The Balaban J connectivity index is 0.000000561. The van der Waals surface area contributed by atoms with Crippen molar-refractivity contribution in [2.75, 3.05) is 31.4 Å². The van der Waals surface area contributed by atoms with Gasteiger partial charge in [0.15, 0.2) is 0 Å². The molecule has 0 unspecified atom stereocenters. The van der Waals surface area contributed by atoms with Gasteiger partial charge in [0, 0.05) is 32.7 Å². The third-order valence-corrected chi connectivity index (χ3v) is 1.75. The van der Waals surface area contributed by atoms with Crippen LogP contribution in [0.15, 0.2) is 0 Å². The number of aromatic nitrogens is 2. The molecule has 0 aliphatic rings. The van der Waals surface area contributed by atoms with Crippen molar-refractivity contribution in [3.63, 3.8) is 0 Å². The molecule has 0 bridgehead atoms. The van der Waals surface area contributed by atoms with Crippen LogP contribution in [0.1, 0.15) is 13.8 Å². The molecule has 4 nitrogen and oxygen atoms in total. The van der Waals surface area contributed by atoms with Crippen molar-refractivity contribution in [1.29, 1.82) is 0 Å². The van der Waals surface area contributed by atoms with Crippen LogP contribution >= 0.6 is 11.5 Å². The monoisotopic (exact) mass is 188 g/mol. The average molecular weight is 188 g/mol. The molecule has 0 aromatic carbocycles. The Labute approximate surface area is 77.8 Å². The van der Waals surface area contributed by atoms with E-state index in [2.05, 4.69) is 14.7 Å². The lowest BCUT2D eigenvalue weighted by atomic mass is 10.8. The smallest absolute Gasteiger partial charge is 0.238 e. The lowest BCUT2D eigenvalue weighted by molar-refractivity contribution is 1.05. The topological polar surface area (TPSA) is 41.1 Å². The maximum absolute atomic E-state index is 4.15. The van der Waals surface area contributed by atoms with Crippen LogP contribution in [0.5, 0.6) is 0 Å². The fourth-order valence-electron chi connectivity index (χ4n) is 0.499. The van der Waals surface area contributed by atoms with Gasteiger partial charge in [-0.2, -0.15) is 9.36 Å². The standard InChI is InChI=1S/C5H10N4S.C2H6/c1-6-5-7-4(8-10-5)9(2)3;1-2/h1-3H3,(H,6,7,8);1-2H3. The molecule has 1 rings (SSSR count). The Morgan fingerprint density at radius 2 is 1.92 bits per heavy atom. The molecular weight excluding hydrogens is 172 g/mol. The van der Waals surface area contributed by atoms with Crippen molar-refractivity contribution in [3.05, 3.63) is 0 Å². The third-order valence-electron chi connectivity index (χ3n) is 1.03. The fourth-order valence-corrected chi connectivity index (χ4v) is 1.08. The number of hydrogen-bond acceptors (Lipinski definition) is 5. The van der Waals surface area contributed by atoms with Crippen LogP contribution < -0.4 is 10.2 Å². The van der Waals surface area contributed by atoms with Gasteiger partial charge in [-0.25, -0.2) is 0 Å². The molecule has 0 saturated heterocycles. The molecule has 1 heterocycles. The summed E-state index contributed by atoms with van der Waals surface area (Å²) in [5.74, 6) is 0.759. The van der Waals surface area contributed by atoms with Gasteiger partial charge in [0.1, 0.15) is 0 Å². The van der Waals surface area contributed by atoms with Crippen LogP contribution in [-0.2, 0) is 0 Å². The molecule has 0 fully saturated rings.